The lowest BCUT2D eigenvalue weighted by molar-refractivity contribution is 0.102. The van der Waals surface area contributed by atoms with Crippen molar-refractivity contribution in [2.45, 2.75) is 47.1 Å². The summed E-state index contributed by atoms with van der Waals surface area (Å²) in [6.45, 7) is 8.51. The van der Waals surface area contributed by atoms with Crippen LogP contribution in [0.5, 0.6) is 0 Å². The molecule has 1 N–H and O–H groups in total. The molecule has 1 aromatic heterocycles. The number of rotatable bonds is 6. The van der Waals surface area contributed by atoms with Gasteiger partial charge in [-0.2, -0.15) is 5.10 Å². The van der Waals surface area contributed by atoms with Crippen LogP contribution in [-0.4, -0.2) is 15.7 Å². The number of halogens is 1. The zero-order valence-electron chi connectivity index (χ0n) is 17.3. The first-order valence-corrected chi connectivity index (χ1v) is 10.4. The summed E-state index contributed by atoms with van der Waals surface area (Å²) in [6.07, 6.45) is 1.46. The van der Waals surface area contributed by atoms with Crippen LogP contribution < -0.4 is 10.9 Å². The van der Waals surface area contributed by atoms with Crippen LogP contribution in [0.1, 0.15) is 49.3 Å². The Kier molecular flexibility index (Phi) is 6.38. The van der Waals surface area contributed by atoms with Crippen LogP contribution in [0.2, 0.25) is 5.02 Å². The van der Waals surface area contributed by atoms with Crippen molar-refractivity contribution in [3.63, 3.8) is 0 Å². The molecule has 5 nitrogen and oxygen atoms in total. The predicted octanol–water partition coefficient (Wildman–Crippen LogP) is 5.08. The number of hydrogen-bond acceptors (Lipinski definition) is 3. The topological polar surface area (TPSA) is 64.0 Å². The molecule has 0 aliphatic rings. The van der Waals surface area contributed by atoms with Crippen molar-refractivity contribution in [1.29, 1.82) is 0 Å². The van der Waals surface area contributed by atoms with Crippen LogP contribution in [0.3, 0.4) is 0 Å². The molecule has 6 heteroatoms. The zero-order chi connectivity index (χ0) is 21.1. The number of hydrogen-bond donors (Lipinski definition) is 1. The van der Waals surface area contributed by atoms with E-state index in [9.17, 15) is 9.59 Å². The quantitative estimate of drug-likeness (QED) is 0.614. The molecular formula is C23H26ClN3O2. The molecule has 0 atom stereocenters. The summed E-state index contributed by atoms with van der Waals surface area (Å²) in [6, 6.07) is 10.9. The van der Waals surface area contributed by atoms with Gasteiger partial charge in [-0.3, -0.25) is 9.59 Å². The Morgan fingerprint density at radius 2 is 1.79 bits per heavy atom. The first kappa shape index (κ1) is 21.1. The maximum absolute atomic E-state index is 13.3. The van der Waals surface area contributed by atoms with Crippen molar-refractivity contribution in [2.24, 2.45) is 5.92 Å². The molecule has 3 aromatic rings. The Balaban J connectivity index is 2.15. The summed E-state index contributed by atoms with van der Waals surface area (Å²) >= 11 is 6.37. The fourth-order valence-electron chi connectivity index (χ4n) is 3.51. The number of fused-ring (bicyclic) bond motifs is 1. The first-order valence-electron chi connectivity index (χ1n) is 9.98. The Labute approximate surface area is 175 Å². The van der Waals surface area contributed by atoms with Crippen LogP contribution in [-0.2, 0) is 19.4 Å². The molecule has 0 fully saturated rings. The normalized spacial score (nSPS) is 11.2. The van der Waals surface area contributed by atoms with Crippen molar-refractivity contribution in [2.75, 3.05) is 5.32 Å². The summed E-state index contributed by atoms with van der Waals surface area (Å²) in [7, 11) is 0. The minimum atomic E-state index is -0.342. The van der Waals surface area contributed by atoms with Gasteiger partial charge < -0.3 is 5.32 Å². The number of aryl methyl sites for hydroxylation is 1. The molecule has 29 heavy (non-hydrogen) atoms. The minimum absolute atomic E-state index is 0.183. The zero-order valence-corrected chi connectivity index (χ0v) is 18.0. The number of nitrogens with zero attached hydrogens (tertiary/aromatic N) is 2. The van der Waals surface area contributed by atoms with Crippen LogP contribution in [0.15, 0.2) is 41.2 Å². The van der Waals surface area contributed by atoms with E-state index < -0.39 is 0 Å². The molecular weight excluding hydrogens is 386 g/mol. The predicted molar refractivity (Wildman–Crippen MR) is 119 cm³/mol. The fourth-order valence-corrected chi connectivity index (χ4v) is 3.80. The minimum Gasteiger partial charge on any atom is -0.320 e. The molecule has 0 spiro atoms. The highest BCUT2D eigenvalue weighted by atomic mass is 35.5. The second-order valence-electron chi connectivity index (χ2n) is 7.50. The van der Waals surface area contributed by atoms with Crippen molar-refractivity contribution in [1.82, 2.24) is 9.78 Å². The van der Waals surface area contributed by atoms with E-state index in [1.807, 2.05) is 39.8 Å². The largest absolute Gasteiger partial charge is 0.320 e. The van der Waals surface area contributed by atoms with E-state index in [1.54, 1.807) is 24.3 Å². The molecule has 1 amide bonds. The molecule has 0 bridgehead atoms. The highest BCUT2D eigenvalue weighted by Gasteiger charge is 2.20. The van der Waals surface area contributed by atoms with Crippen molar-refractivity contribution < 1.29 is 4.79 Å². The van der Waals surface area contributed by atoms with E-state index in [4.69, 9.17) is 11.6 Å². The van der Waals surface area contributed by atoms with Crippen LogP contribution in [0.25, 0.3) is 10.8 Å². The third-order valence-corrected chi connectivity index (χ3v) is 5.29. The van der Waals surface area contributed by atoms with Gasteiger partial charge in [-0.05, 0) is 42.0 Å². The third kappa shape index (κ3) is 4.20. The highest BCUT2D eigenvalue weighted by molar-refractivity contribution is 6.32. The van der Waals surface area contributed by atoms with Gasteiger partial charge in [0.1, 0.15) is 0 Å². The molecule has 0 unspecified atom stereocenters. The summed E-state index contributed by atoms with van der Waals surface area (Å²) in [5.74, 6) is -0.117. The van der Waals surface area contributed by atoms with Gasteiger partial charge in [-0.1, -0.05) is 63.6 Å². The van der Waals surface area contributed by atoms with Crippen molar-refractivity contribution in [3.05, 3.63) is 68.6 Å². The van der Waals surface area contributed by atoms with Gasteiger partial charge in [0, 0.05) is 22.6 Å². The number of anilines is 1. The van der Waals surface area contributed by atoms with E-state index in [-0.39, 0.29) is 23.1 Å². The second-order valence-corrected chi connectivity index (χ2v) is 7.90. The van der Waals surface area contributed by atoms with Gasteiger partial charge >= 0.3 is 0 Å². The van der Waals surface area contributed by atoms with Gasteiger partial charge in [-0.15, -0.1) is 0 Å². The molecule has 0 saturated carbocycles. The van der Waals surface area contributed by atoms with E-state index >= 15 is 0 Å². The van der Waals surface area contributed by atoms with Crippen molar-refractivity contribution in [3.8, 4) is 0 Å². The lowest BCUT2D eigenvalue weighted by Crippen LogP contribution is -2.29. The summed E-state index contributed by atoms with van der Waals surface area (Å²) < 4.78 is 1.39. The Bertz CT molecular complexity index is 1120. The standard InChI is InChI=1S/C23H26ClN3O2/c1-5-15-11-12-19(24)16(6-2)20(15)25-22(28)21-17-9-7-8-10-18(17)23(29)27(26-21)13-14(3)4/h7-12,14H,5-6,13H2,1-4H3,(H,25,28). The maximum atomic E-state index is 13.3. The maximum Gasteiger partial charge on any atom is 0.276 e. The van der Waals surface area contributed by atoms with Crippen LogP contribution in [0, 0.1) is 5.92 Å². The SMILES string of the molecule is CCc1ccc(Cl)c(CC)c1NC(=O)c1nn(CC(C)C)c(=O)c2ccccc12. The number of amides is 1. The molecule has 1 heterocycles. The molecule has 152 valence electrons. The van der Waals surface area contributed by atoms with E-state index in [2.05, 4.69) is 10.4 Å². The molecule has 0 saturated heterocycles. The van der Waals surface area contributed by atoms with Gasteiger partial charge in [0.25, 0.3) is 11.5 Å². The molecule has 2 aromatic carbocycles. The molecule has 0 aliphatic carbocycles. The molecule has 0 aliphatic heterocycles. The van der Waals surface area contributed by atoms with E-state index in [0.29, 0.717) is 28.8 Å². The summed E-state index contributed by atoms with van der Waals surface area (Å²) in [5.41, 5.74) is 2.71. The van der Waals surface area contributed by atoms with Gasteiger partial charge in [0.15, 0.2) is 5.69 Å². The molecule has 0 radical (unpaired) electrons. The Morgan fingerprint density at radius 1 is 1.10 bits per heavy atom. The lowest BCUT2D eigenvalue weighted by Gasteiger charge is -2.17. The number of carbonyl (C=O) groups excluding carboxylic acids is 1. The smallest absolute Gasteiger partial charge is 0.276 e. The van der Waals surface area contributed by atoms with Crippen LogP contribution >= 0.6 is 11.6 Å². The van der Waals surface area contributed by atoms with Gasteiger partial charge in [-0.25, -0.2) is 4.68 Å². The van der Waals surface area contributed by atoms with Crippen LogP contribution in [0.4, 0.5) is 5.69 Å². The second kappa shape index (κ2) is 8.78. The van der Waals surface area contributed by atoms with Gasteiger partial charge in [0.2, 0.25) is 0 Å². The monoisotopic (exact) mass is 411 g/mol. The third-order valence-electron chi connectivity index (χ3n) is 4.94. The summed E-state index contributed by atoms with van der Waals surface area (Å²) in [4.78, 5) is 26.1. The highest BCUT2D eigenvalue weighted by Crippen LogP contribution is 2.30. The number of carbonyl (C=O) groups is 1. The van der Waals surface area contributed by atoms with Crippen molar-refractivity contribution >= 4 is 34.0 Å². The number of nitrogens with one attached hydrogen (secondary N) is 1. The lowest BCUT2D eigenvalue weighted by atomic mass is 10.0. The number of benzene rings is 2. The Hall–Kier alpha value is -2.66. The van der Waals surface area contributed by atoms with E-state index in [1.165, 1.54) is 4.68 Å². The molecule has 3 rings (SSSR count). The summed E-state index contributed by atoms with van der Waals surface area (Å²) in [5, 5.41) is 9.13. The average molecular weight is 412 g/mol. The first-order chi connectivity index (χ1) is 13.9. The Morgan fingerprint density at radius 3 is 2.41 bits per heavy atom. The number of aromatic nitrogens is 2. The average Bonchev–Trinajstić information content (AvgIpc) is 2.70. The fraction of sp³-hybridized carbons (Fsp3) is 0.348. The van der Waals surface area contributed by atoms with E-state index in [0.717, 1.165) is 23.2 Å². The van der Waals surface area contributed by atoms with Gasteiger partial charge in [0.05, 0.1) is 5.39 Å².